The molecule has 0 aliphatic heterocycles. The van der Waals surface area contributed by atoms with Gasteiger partial charge in [0.15, 0.2) is 0 Å². The highest BCUT2D eigenvalue weighted by Gasteiger charge is 2.04. The van der Waals surface area contributed by atoms with Crippen LogP contribution < -0.4 is 0 Å². The van der Waals surface area contributed by atoms with Crippen LogP contribution in [0.3, 0.4) is 0 Å². The fraction of sp³-hybridized carbons (Fsp3) is 0.875. The largest absolute Gasteiger partial charge is 0.299 e. The molecule has 0 saturated heterocycles. The first-order valence-corrected chi connectivity index (χ1v) is 5.09. The number of hydrogen-bond acceptors (Lipinski definition) is 2. The van der Waals surface area contributed by atoms with Gasteiger partial charge in [-0.05, 0) is 18.4 Å². The molecule has 10 heavy (non-hydrogen) atoms. The minimum atomic E-state index is 0.224. The summed E-state index contributed by atoms with van der Waals surface area (Å²) in [7, 11) is 0. The maximum atomic E-state index is 11.0. The molecule has 0 unspecified atom stereocenters. The Morgan fingerprint density at radius 1 is 1.50 bits per heavy atom. The number of carbonyl (C=O) groups excluding carboxylic acids is 1. The lowest BCUT2D eigenvalue weighted by molar-refractivity contribution is -0.121. The molecule has 0 spiro atoms. The summed E-state index contributed by atoms with van der Waals surface area (Å²) >= 11 is 1.80. The zero-order valence-corrected chi connectivity index (χ0v) is 7.83. The second-order valence-electron chi connectivity index (χ2n) is 2.72. The molecule has 0 aromatic heterocycles. The molecule has 0 amide bonds. The van der Waals surface area contributed by atoms with Crippen LogP contribution in [-0.4, -0.2) is 17.8 Å². The van der Waals surface area contributed by atoms with Crippen LogP contribution in [0.1, 0.15) is 26.7 Å². The standard InChI is InChI=1S/C8H16OS/c1-7(2)8(9)5-4-6-10-3/h7H,4-6H2,1-3H3. The summed E-state index contributed by atoms with van der Waals surface area (Å²) in [6.45, 7) is 3.92. The highest BCUT2D eigenvalue weighted by molar-refractivity contribution is 7.98. The van der Waals surface area contributed by atoms with Crippen LogP contribution in [0.15, 0.2) is 0 Å². The summed E-state index contributed by atoms with van der Waals surface area (Å²) in [6.07, 6.45) is 3.87. The summed E-state index contributed by atoms with van der Waals surface area (Å²) in [6, 6.07) is 0. The molecule has 0 heterocycles. The van der Waals surface area contributed by atoms with Crippen molar-refractivity contribution in [2.75, 3.05) is 12.0 Å². The van der Waals surface area contributed by atoms with Gasteiger partial charge in [0.2, 0.25) is 0 Å². The molecule has 0 atom stereocenters. The van der Waals surface area contributed by atoms with Crippen LogP contribution in [0.4, 0.5) is 0 Å². The smallest absolute Gasteiger partial charge is 0.135 e. The lowest BCUT2D eigenvalue weighted by Crippen LogP contribution is -2.06. The number of carbonyl (C=O) groups is 1. The van der Waals surface area contributed by atoms with E-state index >= 15 is 0 Å². The molecule has 2 heteroatoms. The van der Waals surface area contributed by atoms with Gasteiger partial charge in [0.1, 0.15) is 5.78 Å². The zero-order valence-electron chi connectivity index (χ0n) is 7.02. The van der Waals surface area contributed by atoms with Crippen molar-refractivity contribution < 1.29 is 4.79 Å². The van der Waals surface area contributed by atoms with E-state index in [9.17, 15) is 4.79 Å². The molecule has 0 fully saturated rings. The fourth-order valence-electron chi connectivity index (χ4n) is 0.679. The first kappa shape index (κ1) is 10.0. The summed E-state index contributed by atoms with van der Waals surface area (Å²) < 4.78 is 0. The van der Waals surface area contributed by atoms with E-state index in [1.807, 2.05) is 13.8 Å². The highest BCUT2D eigenvalue weighted by atomic mass is 32.2. The quantitative estimate of drug-likeness (QED) is 0.574. The third-order valence-corrected chi connectivity index (χ3v) is 2.11. The minimum Gasteiger partial charge on any atom is -0.299 e. The molecular weight excluding hydrogens is 144 g/mol. The van der Waals surface area contributed by atoms with Crippen molar-refractivity contribution in [3.8, 4) is 0 Å². The Kier molecular flexibility index (Phi) is 5.79. The van der Waals surface area contributed by atoms with E-state index in [1.165, 1.54) is 0 Å². The molecule has 0 saturated carbocycles. The Morgan fingerprint density at radius 2 is 2.10 bits per heavy atom. The van der Waals surface area contributed by atoms with Crippen molar-refractivity contribution in [2.24, 2.45) is 5.92 Å². The summed E-state index contributed by atoms with van der Waals surface area (Å²) in [5, 5.41) is 0. The maximum absolute atomic E-state index is 11.0. The number of thioether (sulfide) groups is 1. The van der Waals surface area contributed by atoms with E-state index in [0.29, 0.717) is 5.78 Å². The van der Waals surface area contributed by atoms with Gasteiger partial charge >= 0.3 is 0 Å². The van der Waals surface area contributed by atoms with E-state index < -0.39 is 0 Å². The lowest BCUT2D eigenvalue weighted by Gasteiger charge is -2.01. The highest BCUT2D eigenvalue weighted by Crippen LogP contribution is 2.04. The van der Waals surface area contributed by atoms with E-state index in [1.54, 1.807) is 11.8 Å². The zero-order chi connectivity index (χ0) is 7.98. The SMILES string of the molecule is CSCCCC(=O)C(C)C. The molecule has 0 aliphatic rings. The van der Waals surface area contributed by atoms with Gasteiger partial charge in [0.25, 0.3) is 0 Å². The Balaban J connectivity index is 3.22. The van der Waals surface area contributed by atoms with E-state index in [4.69, 9.17) is 0 Å². The summed E-state index contributed by atoms with van der Waals surface area (Å²) in [5.41, 5.74) is 0. The van der Waals surface area contributed by atoms with Crippen molar-refractivity contribution in [3.63, 3.8) is 0 Å². The molecule has 0 N–H and O–H groups in total. The topological polar surface area (TPSA) is 17.1 Å². The van der Waals surface area contributed by atoms with Crippen LogP contribution in [0.2, 0.25) is 0 Å². The lowest BCUT2D eigenvalue weighted by atomic mass is 10.1. The number of ketones is 1. The van der Waals surface area contributed by atoms with Crippen LogP contribution >= 0.6 is 11.8 Å². The van der Waals surface area contributed by atoms with Gasteiger partial charge in [0, 0.05) is 12.3 Å². The third-order valence-electron chi connectivity index (χ3n) is 1.42. The van der Waals surface area contributed by atoms with Crippen LogP contribution in [0.25, 0.3) is 0 Å². The number of Topliss-reactive ketones (excluding diaryl/α,β-unsaturated/α-hetero) is 1. The van der Waals surface area contributed by atoms with Gasteiger partial charge in [-0.15, -0.1) is 0 Å². The van der Waals surface area contributed by atoms with Crippen molar-refractivity contribution in [1.29, 1.82) is 0 Å². The number of hydrogen-bond donors (Lipinski definition) is 0. The van der Waals surface area contributed by atoms with Crippen molar-refractivity contribution in [2.45, 2.75) is 26.7 Å². The molecule has 0 aromatic rings. The van der Waals surface area contributed by atoms with Gasteiger partial charge in [0.05, 0.1) is 0 Å². The number of rotatable bonds is 5. The van der Waals surface area contributed by atoms with E-state index in [0.717, 1.165) is 18.6 Å². The van der Waals surface area contributed by atoms with Gasteiger partial charge in [-0.25, -0.2) is 0 Å². The van der Waals surface area contributed by atoms with Crippen molar-refractivity contribution >= 4 is 17.5 Å². The Hall–Kier alpha value is 0.0200. The maximum Gasteiger partial charge on any atom is 0.135 e. The Labute approximate surface area is 67.6 Å². The predicted molar refractivity (Wildman–Crippen MR) is 47.5 cm³/mol. The average Bonchev–Trinajstić information content (AvgIpc) is 1.88. The molecule has 60 valence electrons. The minimum absolute atomic E-state index is 0.224. The normalized spacial score (nSPS) is 10.4. The molecule has 0 bridgehead atoms. The van der Waals surface area contributed by atoms with Gasteiger partial charge < -0.3 is 0 Å². The second-order valence-corrected chi connectivity index (χ2v) is 3.70. The summed E-state index contributed by atoms with van der Waals surface area (Å²) in [4.78, 5) is 11.0. The van der Waals surface area contributed by atoms with Crippen molar-refractivity contribution in [3.05, 3.63) is 0 Å². The van der Waals surface area contributed by atoms with Gasteiger partial charge in [-0.2, -0.15) is 11.8 Å². The van der Waals surface area contributed by atoms with E-state index in [2.05, 4.69) is 6.26 Å². The van der Waals surface area contributed by atoms with Crippen LogP contribution in [0.5, 0.6) is 0 Å². The molecule has 1 nitrogen and oxygen atoms in total. The second kappa shape index (κ2) is 5.78. The predicted octanol–water partition coefficient (Wildman–Crippen LogP) is 2.35. The monoisotopic (exact) mass is 160 g/mol. The molecule has 0 rings (SSSR count). The Morgan fingerprint density at radius 3 is 2.50 bits per heavy atom. The van der Waals surface area contributed by atoms with E-state index in [-0.39, 0.29) is 5.92 Å². The molecule has 0 aliphatic carbocycles. The first-order chi connectivity index (χ1) is 4.68. The average molecular weight is 160 g/mol. The molecule has 0 aromatic carbocycles. The fourth-order valence-corrected chi connectivity index (χ4v) is 1.11. The summed E-state index contributed by atoms with van der Waals surface area (Å²) in [5.74, 6) is 1.73. The Bertz CT molecular complexity index is 99.4. The molecular formula is C8H16OS. The van der Waals surface area contributed by atoms with Crippen molar-refractivity contribution in [1.82, 2.24) is 0 Å². The molecule has 0 radical (unpaired) electrons. The van der Waals surface area contributed by atoms with Gasteiger partial charge in [-0.3, -0.25) is 4.79 Å². The van der Waals surface area contributed by atoms with Crippen LogP contribution in [0, 0.1) is 5.92 Å². The third kappa shape index (κ3) is 4.86. The first-order valence-electron chi connectivity index (χ1n) is 3.70. The van der Waals surface area contributed by atoms with Crippen LogP contribution in [-0.2, 0) is 4.79 Å². The van der Waals surface area contributed by atoms with Gasteiger partial charge in [-0.1, -0.05) is 13.8 Å².